The van der Waals surface area contributed by atoms with E-state index in [1.165, 1.54) is 0 Å². The molecule has 0 aromatic carbocycles. The Kier molecular flexibility index (Phi) is 6.78. The molecule has 0 unspecified atom stereocenters. The Balaban J connectivity index is 2.53. The zero-order valence-electron chi connectivity index (χ0n) is 4.93. The first-order valence-electron chi connectivity index (χ1n) is 2.80. The van der Waals surface area contributed by atoms with Gasteiger partial charge in [-0.05, 0) is 6.42 Å². The van der Waals surface area contributed by atoms with Crippen molar-refractivity contribution in [3.8, 4) is 0 Å². The van der Waals surface area contributed by atoms with E-state index in [0.717, 1.165) is 6.42 Å². The lowest BCUT2D eigenvalue weighted by Gasteiger charge is -1.94. The van der Waals surface area contributed by atoms with Crippen molar-refractivity contribution in [2.24, 2.45) is 0 Å². The molecule has 0 aliphatic rings. The first-order valence-corrected chi connectivity index (χ1v) is 2.80. The molecule has 0 aliphatic carbocycles. The minimum absolute atomic E-state index is 0.210. The molecule has 0 spiro atoms. The summed E-state index contributed by atoms with van der Waals surface area (Å²) in [5, 5.41) is 12.2. The quantitative estimate of drug-likeness (QED) is 0.472. The Bertz CT molecular complexity index is 35.4. The Morgan fingerprint density at radius 3 is 2.62 bits per heavy atom. The number of nitrogens with one attached hydrogen (secondary N) is 1. The van der Waals surface area contributed by atoms with Crippen molar-refractivity contribution < 1.29 is 5.11 Å². The van der Waals surface area contributed by atoms with Crippen molar-refractivity contribution in [3.05, 3.63) is 0 Å². The standard InChI is InChI=1S/C5H12N2O/c6-2-4-7-3-1-5-8/h6,8H,1-5H2. The Morgan fingerprint density at radius 2 is 2.12 bits per heavy atom. The largest absolute Gasteiger partial charge is 0.396 e. The predicted octanol–water partition coefficient (Wildman–Crippen LogP) is -0.744. The predicted molar refractivity (Wildman–Crippen MR) is 31.5 cm³/mol. The summed E-state index contributed by atoms with van der Waals surface area (Å²) in [4.78, 5) is 0. The maximum Gasteiger partial charge on any atom is 0.0443 e. The van der Waals surface area contributed by atoms with Crippen LogP contribution in [-0.4, -0.2) is 31.3 Å². The molecule has 0 saturated heterocycles. The molecule has 0 bridgehead atoms. The summed E-state index contributed by atoms with van der Waals surface area (Å²) in [6.45, 7) is 1.89. The molecule has 0 aromatic heterocycles. The van der Waals surface area contributed by atoms with Crippen LogP contribution in [0.4, 0.5) is 0 Å². The first kappa shape index (κ1) is 7.88. The number of aliphatic hydroxyl groups excluding tert-OH is 1. The molecule has 0 heterocycles. The molecule has 2 radical (unpaired) electrons. The van der Waals surface area contributed by atoms with Crippen molar-refractivity contribution in [2.45, 2.75) is 6.42 Å². The van der Waals surface area contributed by atoms with E-state index in [-0.39, 0.29) is 6.61 Å². The number of hydrogen-bond donors (Lipinski definition) is 1. The Morgan fingerprint density at radius 1 is 1.38 bits per heavy atom. The summed E-state index contributed by atoms with van der Waals surface area (Å²) < 4.78 is 0. The van der Waals surface area contributed by atoms with Crippen molar-refractivity contribution in [1.82, 2.24) is 11.1 Å². The van der Waals surface area contributed by atoms with Crippen LogP contribution in [0.1, 0.15) is 6.42 Å². The number of hydrogen-bond acceptors (Lipinski definition) is 1. The van der Waals surface area contributed by atoms with Gasteiger partial charge in [-0.2, -0.15) is 0 Å². The van der Waals surface area contributed by atoms with Crippen molar-refractivity contribution >= 4 is 0 Å². The highest BCUT2D eigenvalue weighted by atomic mass is 16.3. The van der Waals surface area contributed by atoms with Gasteiger partial charge in [0, 0.05) is 26.2 Å². The average Bonchev–Trinajstić information content (AvgIpc) is 1.81. The summed E-state index contributed by atoms with van der Waals surface area (Å²) in [5.74, 6) is 0. The lowest BCUT2D eigenvalue weighted by Crippen LogP contribution is -2.13. The normalized spacial score (nSPS) is 9.75. The third-order valence-corrected chi connectivity index (χ3v) is 0.744. The van der Waals surface area contributed by atoms with E-state index >= 15 is 0 Å². The molecule has 3 nitrogen and oxygen atoms in total. The van der Waals surface area contributed by atoms with E-state index in [4.69, 9.17) is 10.8 Å². The summed E-state index contributed by atoms with van der Waals surface area (Å²) in [7, 11) is 0. The van der Waals surface area contributed by atoms with Crippen LogP contribution in [0.25, 0.3) is 0 Å². The van der Waals surface area contributed by atoms with Crippen LogP contribution in [0.5, 0.6) is 0 Å². The topological polar surface area (TPSA) is 58.1 Å². The number of rotatable bonds is 5. The molecule has 0 aliphatic heterocycles. The molecule has 8 heavy (non-hydrogen) atoms. The summed E-state index contributed by atoms with van der Waals surface area (Å²) in [6.07, 6.45) is 0.736. The van der Waals surface area contributed by atoms with E-state index in [2.05, 4.69) is 5.32 Å². The van der Waals surface area contributed by atoms with Gasteiger partial charge in [-0.15, -0.1) is 0 Å². The van der Waals surface area contributed by atoms with E-state index in [1.54, 1.807) is 0 Å². The van der Waals surface area contributed by atoms with E-state index in [0.29, 0.717) is 19.6 Å². The maximum atomic E-state index is 8.26. The fourth-order valence-electron chi connectivity index (χ4n) is 0.373. The van der Waals surface area contributed by atoms with Gasteiger partial charge in [0.1, 0.15) is 0 Å². The van der Waals surface area contributed by atoms with Gasteiger partial charge in [-0.3, -0.25) is 5.73 Å². The van der Waals surface area contributed by atoms with Gasteiger partial charge in [0.15, 0.2) is 0 Å². The molecule has 0 fully saturated rings. The fourth-order valence-corrected chi connectivity index (χ4v) is 0.373. The fraction of sp³-hybridized carbons (Fsp3) is 1.00. The van der Waals surface area contributed by atoms with Gasteiger partial charge in [-0.1, -0.05) is 0 Å². The summed E-state index contributed by atoms with van der Waals surface area (Å²) in [5.41, 5.74) is 6.68. The molecule has 3 heteroatoms. The van der Waals surface area contributed by atoms with Gasteiger partial charge in [0.05, 0.1) is 0 Å². The van der Waals surface area contributed by atoms with Crippen LogP contribution in [0.15, 0.2) is 0 Å². The van der Waals surface area contributed by atoms with Crippen LogP contribution in [-0.2, 0) is 0 Å². The minimum Gasteiger partial charge on any atom is -0.396 e. The highest BCUT2D eigenvalue weighted by Gasteiger charge is 1.83. The highest BCUT2D eigenvalue weighted by molar-refractivity contribution is 4.44. The molecule has 48 valence electrons. The van der Waals surface area contributed by atoms with Gasteiger partial charge in [-0.25, -0.2) is 5.32 Å². The molecule has 0 rings (SSSR count). The van der Waals surface area contributed by atoms with Crippen LogP contribution in [0, 0.1) is 0 Å². The lowest BCUT2D eigenvalue weighted by atomic mass is 10.4. The lowest BCUT2D eigenvalue weighted by molar-refractivity contribution is 0.286. The number of aliphatic hydroxyl groups is 1. The smallest absolute Gasteiger partial charge is 0.0443 e. The molecule has 2 N–H and O–H groups in total. The highest BCUT2D eigenvalue weighted by Crippen LogP contribution is 1.71. The molecular formula is C5H12N2O. The zero-order valence-corrected chi connectivity index (χ0v) is 4.93. The average molecular weight is 116 g/mol. The molecule has 0 aromatic rings. The Hall–Kier alpha value is -0.120. The minimum atomic E-state index is 0.210. The van der Waals surface area contributed by atoms with Crippen LogP contribution in [0.2, 0.25) is 0 Å². The van der Waals surface area contributed by atoms with Crippen molar-refractivity contribution in [2.75, 3.05) is 26.2 Å². The first-order chi connectivity index (χ1) is 3.91. The van der Waals surface area contributed by atoms with Gasteiger partial charge in [0.25, 0.3) is 0 Å². The number of nitrogens with zero attached hydrogens (tertiary/aromatic N) is 1. The van der Waals surface area contributed by atoms with E-state index in [1.807, 2.05) is 0 Å². The van der Waals surface area contributed by atoms with Gasteiger partial charge >= 0.3 is 0 Å². The molecule has 0 saturated carbocycles. The Labute approximate surface area is 49.9 Å². The van der Waals surface area contributed by atoms with E-state index in [9.17, 15) is 0 Å². The SMILES string of the molecule is [NH]CC[N]CCCO. The van der Waals surface area contributed by atoms with Crippen molar-refractivity contribution in [3.63, 3.8) is 0 Å². The summed E-state index contributed by atoms with van der Waals surface area (Å²) >= 11 is 0. The molecular weight excluding hydrogens is 104 g/mol. The van der Waals surface area contributed by atoms with Crippen LogP contribution < -0.4 is 11.1 Å². The van der Waals surface area contributed by atoms with Gasteiger partial charge in [0.2, 0.25) is 0 Å². The van der Waals surface area contributed by atoms with E-state index < -0.39 is 0 Å². The van der Waals surface area contributed by atoms with Gasteiger partial charge < -0.3 is 5.11 Å². The third kappa shape index (κ3) is 5.88. The van der Waals surface area contributed by atoms with Crippen LogP contribution >= 0.6 is 0 Å². The molecule has 0 atom stereocenters. The maximum absolute atomic E-state index is 8.26. The third-order valence-electron chi connectivity index (χ3n) is 0.744. The second kappa shape index (κ2) is 6.88. The second-order valence-corrected chi connectivity index (χ2v) is 1.50. The van der Waals surface area contributed by atoms with Crippen LogP contribution in [0.3, 0.4) is 0 Å². The molecule has 0 amide bonds. The zero-order chi connectivity index (χ0) is 6.24. The second-order valence-electron chi connectivity index (χ2n) is 1.50. The van der Waals surface area contributed by atoms with Crippen molar-refractivity contribution in [1.29, 1.82) is 0 Å². The monoisotopic (exact) mass is 116 g/mol. The summed E-state index contributed by atoms with van der Waals surface area (Å²) in [6, 6.07) is 0.